The number of benzene rings is 1. The molecule has 1 aromatic carbocycles. The molecule has 0 fully saturated rings. The Labute approximate surface area is 119 Å². The Balaban J connectivity index is -0.000000213. The number of rotatable bonds is 1. The van der Waals surface area contributed by atoms with Crippen LogP contribution in [-0.4, -0.2) is 11.9 Å². The topological polar surface area (TPSA) is 80.3 Å². The van der Waals surface area contributed by atoms with Gasteiger partial charge in [-0.2, -0.15) is 0 Å². The van der Waals surface area contributed by atoms with Crippen molar-refractivity contribution in [3.8, 4) is 0 Å². The smallest absolute Gasteiger partial charge is 0.550 e. The van der Waals surface area contributed by atoms with Crippen molar-refractivity contribution in [3.05, 3.63) is 35.9 Å². The average molecular weight is 396 g/mol. The van der Waals surface area contributed by atoms with Crippen molar-refractivity contribution in [1.82, 2.24) is 0 Å². The second-order valence-corrected chi connectivity index (χ2v) is 2.15. The fourth-order valence-corrected chi connectivity index (χ4v) is 0.574. The molecule has 0 N–H and O–H groups in total. The molecule has 0 heterocycles. The maximum absolute atomic E-state index is 10.1. The van der Waals surface area contributed by atoms with E-state index in [1.165, 1.54) is 12.1 Å². The fraction of sp³-hybridized carbons (Fsp3) is 0.111. The molecule has 0 bridgehead atoms. The van der Waals surface area contributed by atoms with E-state index in [9.17, 15) is 9.90 Å². The third-order valence-corrected chi connectivity index (χ3v) is 1.01. The SMILES string of the molecule is CC(=O)[O-].O=C([O-])c1ccccc1.[Ag+].[Ag+]. The van der Waals surface area contributed by atoms with Gasteiger partial charge in [0.1, 0.15) is 0 Å². The zero-order valence-corrected chi connectivity index (χ0v) is 10.6. The number of hydrogen-bond acceptors (Lipinski definition) is 4. The Morgan fingerprint density at radius 3 is 1.53 bits per heavy atom. The third kappa shape index (κ3) is 13.6. The van der Waals surface area contributed by atoms with Gasteiger partial charge in [-0.15, -0.1) is 0 Å². The van der Waals surface area contributed by atoms with E-state index >= 15 is 0 Å². The zero-order valence-electron chi connectivity index (χ0n) is 7.62. The summed E-state index contributed by atoms with van der Waals surface area (Å²) in [7, 11) is 0. The number of aromatic carboxylic acids is 1. The number of hydrogen-bond donors (Lipinski definition) is 0. The van der Waals surface area contributed by atoms with E-state index in [1.807, 2.05) is 0 Å². The molecule has 0 aliphatic carbocycles. The minimum Gasteiger partial charge on any atom is -0.550 e. The second-order valence-electron chi connectivity index (χ2n) is 2.15. The summed E-state index contributed by atoms with van der Waals surface area (Å²) in [6.45, 7) is 0.972. The Hall–Kier alpha value is -0.359. The second kappa shape index (κ2) is 11.7. The van der Waals surface area contributed by atoms with Crippen LogP contribution < -0.4 is 10.2 Å². The monoisotopic (exact) mass is 394 g/mol. The van der Waals surface area contributed by atoms with Gasteiger partial charge in [0.25, 0.3) is 0 Å². The molecule has 90 valence electrons. The first kappa shape index (κ1) is 20.1. The largest absolute Gasteiger partial charge is 1.00 e. The molecule has 0 unspecified atom stereocenters. The Bertz CT molecular complexity index is 283. The molecule has 0 spiro atoms. The molecule has 4 nitrogen and oxygen atoms in total. The first-order valence-corrected chi connectivity index (χ1v) is 3.48. The van der Waals surface area contributed by atoms with E-state index in [1.54, 1.807) is 18.2 Å². The van der Waals surface area contributed by atoms with Gasteiger partial charge in [-0.3, -0.25) is 0 Å². The molecule has 1 rings (SSSR count). The first-order chi connectivity index (χ1) is 6.04. The molecular weight excluding hydrogens is 388 g/mol. The summed E-state index contributed by atoms with van der Waals surface area (Å²) >= 11 is 0. The van der Waals surface area contributed by atoms with E-state index in [4.69, 9.17) is 9.90 Å². The minimum absolute atomic E-state index is 0. The van der Waals surface area contributed by atoms with Crippen molar-refractivity contribution in [2.45, 2.75) is 6.92 Å². The maximum atomic E-state index is 10.1. The van der Waals surface area contributed by atoms with Gasteiger partial charge in [-0.05, 0) is 12.5 Å². The van der Waals surface area contributed by atoms with Crippen LogP contribution in [0.25, 0.3) is 0 Å². The van der Waals surface area contributed by atoms with Crippen LogP contribution in [0.15, 0.2) is 30.3 Å². The normalized spacial score (nSPS) is 7.00. The Morgan fingerprint density at radius 2 is 1.33 bits per heavy atom. The van der Waals surface area contributed by atoms with Crippen molar-refractivity contribution in [2.24, 2.45) is 0 Å². The van der Waals surface area contributed by atoms with Crippen LogP contribution in [0.1, 0.15) is 17.3 Å². The van der Waals surface area contributed by atoms with Crippen molar-refractivity contribution in [2.75, 3.05) is 0 Å². The summed E-state index contributed by atoms with van der Waals surface area (Å²) in [6.07, 6.45) is 0. The van der Waals surface area contributed by atoms with E-state index in [0.29, 0.717) is 0 Å². The molecule has 0 aliphatic rings. The summed E-state index contributed by atoms with van der Waals surface area (Å²) in [5.41, 5.74) is 0.220. The molecule has 0 amide bonds. The molecule has 0 atom stereocenters. The van der Waals surface area contributed by atoms with E-state index in [-0.39, 0.29) is 50.3 Å². The van der Waals surface area contributed by atoms with Crippen LogP contribution in [0.3, 0.4) is 0 Å². The van der Waals surface area contributed by atoms with E-state index < -0.39 is 11.9 Å². The first-order valence-electron chi connectivity index (χ1n) is 3.48. The predicted molar refractivity (Wildman–Crippen MR) is 41.5 cm³/mol. The fourth-order valence-electron chi connectivity index (χ4n) is 0.574. The molecule has 0 aliphatic heterocycles. The van der Waals surface area contributed by atoms with Crippen molar-refractivity contribution >= 4 is 11.9 Å². The maximum Gasteiger partial charge on any atom is 1.00 e. The summed E-state index contributed by atoms with van der Waals surface area (Å²) < 4.78 is 0. The van der Waals surface area contributed by atoms with Gasteiger partial charge in [-0.25, -0.2) is 0 Å². The van der Waals surface area contributed by atoms with Gasteiger partial charge in [0, 0.05) is 5.97 Å². The van der Waals surface area contributed by atoms with Crippen LogP contribution >= 0.6 is 0 Å². The van der Waals surface area contributed by atoms with Crippen LogP contribution in [-0.2, 0) is 49.6 Å². The van der Waals surface area contributed by atoms with Crippen LogP contribution in [0.2, 0.25) is 0 Å². The standard InChI is InChI=1S/C7H6O2.C2H4O2.2Ag/c8-7(9)6-4-2-1-3-5-6;1-2(3)4;;/h1-5H,(H,8,9);1H3,(H,3,4);;/q;;2*+1/p-2. The molecule has 0 saturated carbocycles. The van der Waals surface area contributed by atoms with Crippen LogP contribution in [0.4, 0.5) is 0 Å². The summed E-state index contributed by atoms with van der Waals surface area (Å²) in [6, 6.07) is 8.06. The van der Waals surface area contributed by atoms with Crippen LogP contribution in [0.5, 0.6) is 0 Å². The summed E-state index contributed by atoms with van der Waals surface area (Å²) in [5.74, 6) is -2.21. The van der Waals surface area contributed by atoms with E-state index in [0.717, 1.165) is 6.92 Å². The molecule has 0 radical (unpaired) electrons. The molecule has 15 heavy (non-hydrogen) atoms. The molecule has 1 aromatic rings. The third-order valence-electron chi connectivity index (χ3n) is 1.01. The van der Waals surface area contributed by atoms with E-state index in [2.05, 4.69) is 0 Å². The summed E-state index contributed by atoms with van der Waals surface area (Å²) in [4.78, 5) is 19.0. The van der Waals surface area contributed by atoms with Gasteiger partial charge in [0.05, 0.1) is 5.97 Å². The van der Waals surface area contributed by atoms with Crippen molar-refractivity contribution in [3.63, 3.8) is 0 Å². The summed E-state index contributed by atoms with van der Waals surface area (Å²) in [5, 5.41) is 19.0. The Kier molecular flexibility index (Phi) is 15.7. The number of carboxylic acid groups (broad SMARTS) is 2. The van der Waals surface area contributed by atoms with Gasteiger partial charge in [0.15, 0.2) is 0 Å². The van der Waals surface area contributed by atoms with Gasteiger partial charge < -0.3 is 19.8 Å². The zero-order chi connectivity index (χ0) is 10.3. The minimum atomic E-state index is -1.13. The number of aliphatic carboxylic acids is 1. The molecule has 0 aromatic heterocycles. The van der Waals surface area contributed by atoms with Crippen LogP contribution in [0, 0.1) is 0 Å². The quantitative estimate of drug-likeness (QED) is 0.559. The number of carboxylic acids is 2. The van der Waals surface area contributed by atoms with Gasteiger partial charge >= 0.3 is 44.8 Å². The number of carbonyl (C=O) groups excluding carboxylic acids is 2. The molecule has 0 saturated heterocycles. The average Bonchev–Trinajstić information content (AvgIpc) is 2.05. The Morgan fingerprint density at radius 1 is 1.00 bits per heavy atom. The van der Waals surface area contributed by atoms with Gasteiger partial charge in [0.2, 0.25) is 0 Å². The molecule has 6 heteroatoms. The van der Waals surface area contributed by atoms with Crippen molar-refractivity contribution < 1.29 is 64.6 Å². The van der Waals surface area contributed by atoms with Gasteiger partial charge in [-0.1, -0.05) is 30.3 Å². The molecular formula is C9H8Ag2O4. The predicted octanol–water partition coefficient (Wildman–Crippen LogP) is -1.20. The number of carbonyl (C=O) groups is 2. The van der Waals surface area contributed by atoms with Crippen molar-refractivity contribution in [1.29, 1.82) is 0 Å².